The molecule has 4 aromatic carbocycles. The van der Waals surface area contributed by atoms with E-state index in [2.05, 4.69) is 6.58 Å². The SMILES string of the molecule is C=C(C(=O)OCC)c1cc(C(=O)c2ccc(OC)cc2)sc1-c1ccc(Cl)cc1.CCOC(=O)Cc1cc(C(=O)c2ccc(OC)cc2)sc1-c1ccc(Cl)cc1. The van der Waals surface area contributed by atoms with Crippen molar-refractivity contribution in [2.45, 2.75) is 20.3 Å². The second-order valence-electron chi connectivity index (χ2n) is 12.1. The molecule has 8 nitrogen and oxygen atoms in total. The number of benzene rings is 4. The van der Waals surface area contributed by atoms with Crippen molar-refractivity contribution in [1.29, 1.82) is 0 Å². The third-order valence-corrected chi connectivity index (χ3v) is 11.3. The van der Waals surface area contributed by atoms with Gasteiger partial charge in [-0.3, -0.25) is 14.4 Å². The molecule has 0 aliphatic heterocycles. The van der Waals surface area contributed by atoms with Crippen LogP contribution in [0.1, 0.15) is 55.4 Å². The summed E-state index contributed by atoms with van der Waals surface area (Å²) in [4.78, 5) is 52.9. The van der Waals surface area contributed by atoms with Gasteiger partial charge in [-0.2, -0.15) is 0 Å². The molecule has 0 aliphatic carbocycles. The van der Waals surface area contributed by atoms with Crippen LogP contribution in [0.5, 0.6) is 11.5 Å². The monoisotopic (exact) mass is 840 g/mol. The molecule has 0 atom stereocenters. The van der Waals surface area contributed by atoms with Crippen molar-refractivity contribution in [3.05, 3.63) is 158 Å². The van der Waals surface area contributed by atoms with E-state index in [9.17, 15) is 19.2 Å². The molecule has 0 radical (unpaired) electrons. The maximum atomic E-state index is 13.0. The van der Waals surface area contributed by atoms with Gasteiger partial charge in [-0.1, -0.05) is 54.0 Å². The lowest BCUT2D eigenvalue weighted by molar-refractivity contribution is -0.142. The normalized spacial score (nSPS) is 10.5. The van der Waals surface area contributed by atoms with Crippen LogP contribution in [0.2, 0.25) is 10.0 Å². The second-order valence-corrected chi connectivity index (χ2v) is 15.1. The van der Waals surface area contributed by atoms with Crippen LogP contribution in [0.4, 0.5) is 0 Å². The van der Waals surface area contributed by atoms with Gasteiger partial charge in [0, 0.05) is 36.5 Å². The van der Waals surface area contributed by atoms with Gasteiger partial charge in [-0.15, -0.1) is 22.7 Å². The summed E-state index contributed by atoms with van der Waals surface area (Å²) in [6, 6.07) is 31.9. The van der Waals surface area contributed by atoms with Crippen LogP contribution in [0.3, 0.4) is 0 Å². The molecule has 0 bridgehead atoms. The van der Waals surface area contributed by atoms with Gasteiger partial charge in [0.25, 0.3) is 0 Å². The van der Waals surface area contributed by atoms with E-state index in [0.29, 0.717) is 54.6 Å². The topological polar surface area (TPSA) is 105 Å². The molecule has 2 aromatic heterocycles. The number of carbonyl (C=O) groups is 4. The third kappa shape index (κ3) is 10.9. The Morgan fingerprint density at radius 2 is 1.04 bits per heavy atom. The number of rotatable bonds is 14. The fourth-order valence-electron chi connectivity index (χ4n) is 5.53. The number of carbonyl (C=O) groups excluding carboxylic acids is 4. The molecule has 2 heterocycles. The van der Waals surface area contributed by atoms with Gasteiger partial charge in [-0.25, -0.2) is 4.79 Å². The summed E-state index contributed by atoms with van der Waals surface area (Å²) in [6.45, 7) is 7.96. The Labute approximate surface area is 349 Å². The predicted octanol–water partition coefficient (Wildman–Crippen LogP) is 11.3. The maximum Gasteiger partial charge on any atom is 0.338 e. The van der Waals surface area contributed by atoms with Crippen molar-refractivity contribution >= 4 is 75.0 Å². The van der Waals surface area contributed by atoms with E-state index >= 15 is 0 Å². The fourth-order valence-corrected chi connectivity index (χ4v) is 8.08. The smallest absolute Gasteiger partial charge is 0.338 e. The van der Waals surface area contributed by atoms with E-state index in [0.717, 1.165) is 26.4 Å². The quantitative estimate of drug-likeness (QED) is 0.0606. The first-order valence-corrected chi connectivity index (χ1v) is 20.0. The van der Waals surface area contributed by atoms with E-state index in [4.69, 9.17) is 42.1 Å². The zero-order valence-corrected chi connectivity index (χ0v) is 34.7. The minimum absolute atomic E-state index is 0.0991. The standard InChI is InChI=1S/C23H19ClO4S.C22H19ClO4S/c1-4-28-23(26)14(2)19-13-20(21(25)15-7-11-18(27-3)12-8-15)29-22(19)16-5-9-17(24)10-6-16;1-3-27-20(24)13-16-12-19(21(25)14-6-10-18(26-2)11-7-14)28-22(16)15-4-8-17(23)9-5-15/h5-13H,2,4H2,1,3H3;4-12H,3,13H2,1-2H3. The van der Waals surface area contributed by atoms with Crippen LogP contribution in [0, 0.1) is 0 Å². The average Bonchev–Trinajstić information content (AvgIpc) is 3.86. The van der Waals surface area contributed by atoms with Crippen LogP contribution in [-0.2, 0) is 25.5 Å². The number of thiophene rings is 2. The van der Waals surface area contributed by atoms with Crippen LogP contribution < -0.4 is 9.47 Å². The fraction of sp³-hybridized carbons (Fsp3) is 0.156. The lowest BCUT2D eigenvalue weighted by Gasteiger charge is -2.07. The van der Waals surface area contributed by atoms with Gasteiger partial charge in [-0.05, 0) is 115 Å². The molecule has 0 spiro atoms. The Kier molecular flexibility index (Phi) is 15.0. The number of methoxy groups -OCH3 is 2. The minimum atomic E-state index is -0.510. The largest absolute Gasteiger partial charge is 0.497 e. The van der Waals surface area contributed by atoms with E-state index in [1.54, 1.807) is 113 Å². The number of hydrogen-bond donors (Lipinski definition) is 0. The predicted molar refractivity (Wildman–Crippen MR) is 228 cm³/mol. The van der Waals surface area contributed by atoms with E-state index in [1.807, 2.05) is 24.3 Å². The Balaban J connectivity index is 0.000000218. The van der Waals surface area contributed by atoms with Crippen LogP contribution >= 0.6 is 45.9 Å². The molecule has 0 fully saturated rings. The molecule has 0 saturated carbocycles. The van der Waals surface area contributed by atoms with Gasteiger partial charge >= 0.3 is 11.9 Å². The number of ether oxygens (including phenoxy) is 4. The molecule has 292 valence electrons. The van der Waals surface area contributed by atoms with Crippen molar-refractivity contribution < 1.29 is 38.1 Å². The second kappa shape index (κ2) is 20.1. The van der Waals surface area contributed by atoms with Crippen LogP contribution in [0.15, 0.2) is 116 Å². The van der Waals surface area contributed by atoms with Crippen molar-refractivity contribution in [2.75, 3.05) is 27.4 Å². The highest BCUT2D eigenvalue weighted by Crippen LogP contribution is 2.39. The Hall–Kier alpha value is -5.52. The molecular weight excluding hydrogens is 804 g/mol. The zero-order valence-electron chi connectivity index (χ0n) is 31.6. The van der Waals surface area contributed by atoms with Gasteiger partial charge in [0.2, 0.25) is 11.6 Å². The average molecular weight is 842 g/mol. The lowest BCUT2D eigenvalue weighted by Crippen LogP contribution is -2.07. The number of hydrogen-bond acceptors (Lipinski definition) is 10. The lowest BCUT2D eigenvalue weighted by atomic mass is 10.0. The molecule has 57 heavy (non-hydrogen) atoms. The summed E-state index contributed by atoms with van der Waals surface area (Å²) in [5, 5.41) is 1.23. The minimum Gasteiger partial charge on any atom is -0.497 e. The van der Waals surface area contributed by atoms with E-state index in [1.165, 1.54) is 22.7 Å². The zero-order chi connectivity index (χ0) is 41.1. The molecular formula is C45H38Cl2O8S2. The summed E-state index contributed by atoms with van der Waals surface area (Å²) in [5.74, 6) is 0.287. The number of ketones is 2. The third-order valence-electron chi connectivity index (χ3n) is 8.39. The molecule has 0 unspecified atom stereocenters. The molecule has 0 amide bonds. The van der Waals surface area contributed by atoms with Crippen molar-refractivity contribution in [3.8, 4) is 32.4 Å². The molecule has 0 saturated heterocycles. The van der Waals surface area contributed by atoms with E-state index < -0.39 is 5.97 Å². The first-order chi connectivity index (χ1) is 27.5. The summed E-state index contributed by atoms with van der Waals surface area (Å²) in [7, 11) is 3.15. The summed E-state index contributed by atoms with van der Waals surface area (Å²) >= 11 is 14.7. The highest BCUT2D eigenvalue weighted by molar-refractivity contribution is 7.18. The van der Waals surface area contributed by atoms with Crippen molar-refractivity contribution in [3.63, 3.8) is 0 Å². The number of halogens is 2. The van der Waals surface area contributed by atoms with Crippen molar-refractivity contribution in [1.82, 2.24) is 0 Å². The Morgan fingerprint density at radius 3 is 1.49 bits per heavy atom. The van der Waals surface area contributed by atoms with Gasteiger partial charge in [0.05, 0.1) is 49.2 Å². The molecule has 6 aromatic rings. The Morgan fingerprint density at radius 1 is 0.596 bits per heavy atom. The van der Waals surface area contributed by atoms with E-state index in [-0.39, 0.29) is 36.1 Å². The van der Waals surface area contributed by atoms with Gasteiger partial charge in [0.1, 0.15) is 11.5 Å². The Bertz CT molecular complexity index is 2360. The summed E-state index contributed by atoms with van der Waals surface area (Å²) in [6.07, 6.45) is 0.109. The molecule has 0 N–H and O–H groups in total. The van der Waals surface area contributed by atoms with Crippen LogP contribution in [-0.4, -0.2) is 50.9 Å². The highest BCUT2D eigenvalue weighted by Gasteiger charge is 2.23. The van der Waals surface area contributed by atoms with Crippen molar-refractivity contribution in [2.24, 2.45) is 0 Å². The van der Waals surface area contributed by atoms with Crippen LogP contribution in [0.25, 0.3) is 26.5 Å². The molecule has 12 heteroatoms. The summed E-state index contributed by atoms with van der Waals surface area (Å²) in [5.41, 5.74) is 4.39. The first-order valence-electron chi connectivity index (χ1n) is 17.6. The first kappa shape index (κ1) is 42.6. The van der Waals surface area contributed by atoms with Gasteiger partial charge in [0.15, 0.2) is 0 Å². The van der Waals surface area contributed by atoms with Gasteiger partial charge < -0.3 is 18.9 Å². The molecule has 0 aliphatic rings. The molecule has 6 rings (SSSR count). The summed E-state index contributed by atoms with van der Waals surface area (Å²) < 4.78 is 20.5. The highest BCUT2D eigenvalue weighted by atomic mass is 35.5. The number of esters is 2. The maximum absolute atomic E-state index is 13.0.